The predicted octanol–water partition coefficient (Wildman–Crippen LogP) is 4.89. The van der Waals surface area contributed by atoms with Gasteiger partial charge in [0.05, 0.1) is 32.4 Å². The lowest BCUT2D eigenvalue weighted by Crippen LogP contribution is -2.08. The van der Waals surface area contributed by atoms with Gasteiger partial charge in [-0.15, -0.1) is 0 Å². The van der Waals surface area contributed by atoms with Gasteiger partial charge in [-0.25, -0.2) is 4.98 Å². The number of methoxy groups -OCH3 is 1. The molecule has 0 bridgehead atoms. The van der Waals surface area contributed by atoms with Crippen molar-refractivity contribution in [1.82, 2.24) is 4.98 Å². The van der Waals surface area contributed by atoms with Crippen molar-refractivity contribution in [2.75, 3.05) is 20.3 Å². The van der Waals surface area contributed by atoms with Gasteiger partial charge in [0.25, 0.3) is 0 Å². The van der Waals surface area contributed by atoms with Gasteiger partial charge in [-0.3, -0.25) is 4.79 Å². The van der Waals surface area contributed by atoms with Gasteiger partial charge in [0.2, 0.25) is 5.89 Å². The second-order valence-corrected chi connectivity index (χ2v) is 6.79. The van der Waals surface area contributed by atoms with E-state index in [1.54, 1.807) is 7.11 Å². The number of rotatable bonds is 11. The van der Waals surface area contributed by atoms with E-state index >= 15 is 0 Å². The molecule has 2 aromatic carbocycles. The lowest BCUT2D eigenvalue weighted by molar-refractivity contribution is -0.117. The monoisotopic (exact) mass is 409 g/mol. The lowest BCUT2D eigenvalue weighted by Gasteiger charge is -2.10. The van der Waals surface area contributed by atoms with E-state index in [0.717, 1.165) is 23.3 Å². The third kappa shape index (κ3) is 5.41. The Morgan fingerprint density at radius 2 is 1.83 bits per heavy atom. The Morgan fingerprint density at radius 1 is 1.00 bits per heavy atom. The Morgan fingerprint density at radius 3 is 2.60 bits per heavy atom. The number of Topliss-reactive ketones (excluding diaryl/α,β-unsaturated/α-hetero) is 1. The third-order valence-electron chi connectivity index (χ3n) is 4.46. The summed E-state index contributed by atoms with van der Waals surface area (Å²) < 4.78 is 22.3. The van der Waals surface area contributed by atoms with Crippen LogP contribution in [0.5, 0.6) is 17.2 Å². The van der Waals surface area contributed by atoms with Crippen molar-refractivity contribution < 1.29 is 23.4 Å². The van der Waals surface area contributed by atoms with E-state index in [-0.39, 0.29) is 12.2 Å². The number of nitrogens with zero attached hydrogens (tertiary/aromatic N) is 1. The molecule has 1 aromatic heterocycles. The second-order valence-electron chi connectivity index (χ2n) is 6.79. The van der Waals surface area contributed by atoms with Gasteiger partial charge in [-0.2, -0.15) is 0 Å². The highest BCUT2D eigenvalue weighted by Gasteiger charge is 2.15. The van der Waals surface area contributed by atoms with Crippen LogP contribution in [0.2, 0.25) is 0 Å². The number of ether oxygens (including phenoxy) is 3. The van der Waals surface area contributed by atoms with Crippen LogP contribution in [0.15, 0.2) is 53.1 Å². The number of oxazole rings is 1. The van der Waals surface area contributed by atoms with Gasteiger partial charge in [-0.1, -0.05) is 25.1 Å². The van der Waals surface area contributed by atoms with E-state index in [4.69, 9.17) is 18.6 Å². The Hall–Kier alpha value is -3.28. The predicted molar refractivity (Wildman–Crippen MR) is 114 cm³/mol. The van der Waals surface area contributed by atoms with Gasteiger partial charge in [0, 0.05) is 17.5 Å². The van der Waals surface area contributed by atoms with Crippen LogP contribution in [0.25, 0.3) is 11.5 Å². The minimum Gasteiger partial charge on any atom is -0.493 e. The fourth-order valence-corrected chi connectivity index (χ4v) is 3.08. The molecule has 0 atom stereocenters. The molecule has 6 nitrogen and oxygen atoms in total. The number of ketones is 1. The lowest BCUT2D eigenvalue weighted by atomic mass is 10.1. The highest BCUT2D eigenvalue weighted by atomic mass is 16.5. The van der Waals surface area contributed by atoms with Crippen LogP contribution in [-0.4, -0.2) is 31.1 Å². The molecule has 3 aromatic rings. The zero-order valence-electron chi connectivity index (χ0n) is 17.6. The summed E-state index contributed by atoms with van der Waals surface area (Å²) in [5.41, 5.74) is 2.24. The summed E-state index contributed by atoms with van der Waals surface area (Å²) in [5.74, 6) is 2.51. The van der Waals surface area contributed by atoms with E-state index in [1.807, 2.05) is 49.4 Å². The molecule has 0 spiro atoms. The first-order valence-electron chi connectivity index (χ1n) is 10.1. The van der Waals surface area contributed by atoms with Gasteiger partial charge in [-0.05, 0) is 37.6 Å². The summed E-state index contributed by atoms with van der Waals surface area (Å²) in [6.07, 6.45) is 2.93. The maximum absolute atomic E-state index is 12.6. The van der Waals surface area contributed by atoms with Crippen molar-refractivity contribution in [3.05, 3.63) is 60.0 Å². The first-order valence-corrected chi connectivity index (χ1v) is 10.1. The molecular formula is C24H27NO5. The molecule has 3 rings (SSSR count). The average molecular weight is 409 g/mol. The number of hydrogen-bond donors (Lipinski definition) is 0. The highest BCUT2D eigenvalue weighted by molar-refractivity contribution is 5.83. The average Bonchev–Trinajstić information content (AvgIpc) is 3.21. The summed E-state index contributed by atoms with van der Waals surface area (Å²) >= 11 is 0. The maximum atomic E-state index is 12.6. The molecule has 6 heteroatoms. The van der Waals surface area contributed by atoms with Crippen molar-refractivity contribution in [2.24, 2.45) is 0 Å². The fraction of sp³-hybridized carbons (Fsp3) is 0.333. The topological polar surface area (TPSA) is 70.8 Å². The SMILES string of the molecule is CCCOc1ccccc1CC(=O)Cc1coc(-c2ccc(OC)c(OCC)c2)n1. The first-order chi connectivity index (χ1) is 14.6. The molecule has 0 amide bonds. The number of para-hydroxylation sites is 1. The molecule has 0 aliphatic heterocycles. The van der Waals surface area contributed by atoms with E-state index in [0.29, 0.717) is 42.7 Å². The molecule has 0 N–H and O–H groups in total. The number of aromatic nitrogens is 1. The molecule has 0 aliphatic carbocycles. The third-order valence-corrected chi connectivity index (χ3v) is 4.46. The van der Waals surface area contributed by atoms with Crippen LogP contribution in [-0.2, 0) is 17.6 Å². The molecule has 0 aliphatic rings. The van der Waals surface area contributed by atoms with Crippen molar-refractivity contribution in [3.63, 3.8) is 0 Å². The molecule has 1 heterocycles. The highest BCUT2D eigenvalue weighted by Crippen LogP contribution is 2.32. The summed E-state index contributed by atoms with van der Waals surface area (Å²) in [7, 11) is 1.60. The zero-order chi connectivity index (χ0) is 21.3. The Labute approximate surface area is 176 Å². The quantitative estimate of drug-likeness (QED) is 0.449. The standard InChI is InChI=1S/C24H27NO5/c1-4-12-29-21-9-7-6-8-17(21)13-20(26)15-19-16-30-24(25-19)18-10-11-22(27-3)23(14-18)28-5-2/h6-11,14,16H,4-5,12-13,15H2,1-3H3. The van der Waals surface area contributed by atoms with Crippen LogP contribution < -0.4 is 14.2 Å². The summed E-state index contributed by atoms with van der Waals surface area (Å²) in [4.78, 5) is 17.1. The molecule has 0 saturated carbocycles. The fourth-order valence-electron chi connectivity index (χ4n) is 3.08. The molecule has 0 saturated heterocycles. The molecule has 0 radical (unpaired) electrons. The van der Waals surface area contributed by atoms with Gasteiger partial charge >= 0.3 is 0 Å². The van der Waals surface area contributed by atoms with Crippen LogP contribution in [0.4, 0.5) is 0 Å². The Kier molecular flexibility index (Phi) is 7.49. The maximum Gasteiger partial charge on any atom is 0.226 e. The van der Waals surface area contributed by atoms with E-state index < -0.39 is 0 Å². The van der Waals surface area contributed by atoms with Crippen LogP contribution in [0.3, 0.4) is 0 Å². The van der Waals surface area contributed by atoms with Gasteiger partial charge in [0.1, 0.15) is 17.8 Å². The summed E-state index contributed by atoms with van der Waals surface area (Å²) in [6.45, 7) is 5.11. The molecule has 0 fully saturated rings. The van der Waals surface area contributed by atoms with Crippen LogP contribution in [0, 0.1) is 0 Å². The zero-order valence-corrected chi connectivity index (χ0v) is 17.6. The normalized spacial score (nSPS) is 10.6. The second kappa shape index (κ2) is 10.5. The van der Waals surface area contributed by atoms with E-state index in [1.165, 1.54) is 6.26 Å². The van der Waals surface area contributed by atoms with Gasteiger partial charge < -0.3 is 18.6 Å². The smallest absolute Gasteiger partial charge is 0.226 e. The Bertz CT molecular complexity index is 979. The molecule has 30 heavy (non-hydrogen) atoms. The molecular weight excluding hydrogens is 382 g/mol. The largest absolute Gasteiger partial charge is 0.493 e. The van der Waals surface area contributed by atoms with Crippen molar-refractivity contribution in [3.8, 4) is 28.7 Å². The minimum atomic E-state index is 0.0483. The number of carbonyl (C=O) groups is 1. The van der Waals surface area contributed by atoms with E-state index in [2.05, 4.69) is 11.9 Å². The Balaban J connectivity index is 1.69. The minimum absolute atomic E-state index is 0.0483. The van der Waals surface area contributed by atoms with Crippen LogP contribution >= 0.6 is 0 Å². The van der Waals surface area contributed by atoms with Crippen molar-refractivity contribution in [2.45, 2.75) is 33.1 Å². The van der Waals surface area contributed by atoms with Crippen LogP contribution in [0.1, 0.15) is 31.5 Å². The first kappa shape index (κ1) is 21.4. The van der Waals surface area contributed by atoms with E-state index in [9.17, 15) is 4.79 Å². The molecule has 0 unspecified atom stereocenters. The van der Waals surface area contributed by atoms with Gasteiger partial charge in [0.15, 0.2) is 11.5 Å². The molecule has 158 valence electrons. The number of carbonyl (C=O) groups excluding carboxylic acids is 1. The van der Waals surface area contributed by atoms with Crippen molar-refractivity contribution in [1.29, 1.82) is 0 Å². The number of hydrogen-bond acceptors (Lipinski definition) is 6. The number of benzene rings is 2. The summed E-state index contributed by atoms with van der Waals surface area (Å²) in [5, 5.41) is 0. The van der Waals surface area contributed by atoms with Crippen molar-refractivity contribution >= 4 is 5.78 Å². The summed E-state index contributed by atoms with van der Waals surface area (Å²) in [6, 6.07) is 13.1.